The Balaban J connectivity index is -0.000000429. The van der Waals surface area contributed by atoms with Crippen LogP contribution in [0.2, 0.25) is 0 Å². The van der Waals surface area contributed by atoms with Gasteiger partial charge in [-0.2, -0.15) is 0 Å². The van der Waals surface area contributed by atoms with E-state index in [1.165, 1.54) is 11.8 Å². The van der Waals surface area contributed by atoms with Gasteiger partial charge in [-0.3, -0.25) is 9.00 Å². The number of carbonyl (C=O) groups is 1. The Bertz CT molecular complexity index is 437. The van der Waals surface area contributed by atoms with Crippen LogP contribution in [0.15, 0.2) is 28.7 Å². The zero-order valence-corrected chi connectivity index (χ0v) is 18.2. The first kappa shape index (κ1) is 25.9. The summed E-state index contributed by atoms with van der Waals surface area (Å²) in [4.78, 5) is 11.6. The van der Waals surface area contributed by atoms with Crippen LogP contribution in [-0.2, 0) is 31.9 Å². The number of halogens is 2. The first-order valence-corrected chi connectivity index (χ1v) is 9.36. The van der Waals surface area contributed by atoms with Crippen molar-refractivity contribution in [3.63, 3.8) is 0 Å². The molecule has 1 aromatic carbocycles. The Labute approximate surface area is 161 Å². The first-order valence-electron chi connectivity index (χ1n) is 4.97. The number of thiocarbonyl (C=S) groups is 1. The van der Waals surface area contributed by atoms with Crippen LogP contribution >= 0.6 is 39.9 Å². The molecule has 8 heteroatoms. The Hall–Kier alpha value is 0.938. The van der Waals surface area contributed by atoms with Crippen molar-refractivity contribution in [1.29, 1.82) is 0 Å². The smallest absolute Gasteiger partial charge is 1.00 e. The van der Waals surface area contributed by atoms with Crippen LogP contribution in [0, 0.1) is 0 Å². The third-order valence-corrected chi connectivity index (χ3v) is 3.47. The zero-order valence-electron chi connectivity index (χ0n) is 11.1. The largest absolute Gasteiger partial charge is 2.00 e. The predicted octanol–water partition coefficient (Wildman–Crippen LogP) is 0.709. The molecule has 0 spiro atoms. The standard InChI is InChI=1S/C10H9BrOS2.C2H6OS.ClH.Pt/c1-14-10(13)6-9(12)7-2-4-8(11)5-3-7;1-4(2)3;;/h2-5H,6H2,1H3;1-2H3;1H;/q;;;+2/p-1. The predicted molar refractivity (Wildman–Crippen MR) is 89.2 cm³/mol. The number of carbonyl (C=O) groups excluding carboxylic acids is 1. The van der Waals surface area contributed by atoms with E-state index in [-0.39, 0.29) is 39.3 Å². The normalized spacial score (nSPS) is 8.65. The molecule has 116 valence electrons. The van der Waals surface area contributed by atoms with E-state index in [4.69, 9.17) is 12.2 Å². The fourth-order valence-electron chi connectivity index (χ4n) is 0.941. The molecule has 0 fully saturated rings. The molecule has 1 aromatic rings. The van der Waals surface area contributed by atoms with Gasteiger partial charge in [-0.15, -0.1) is 11.8 Å². The van der Waals surface area contributed by atoms with Crippen molar-refractivity contribution in [1.82, 2.24) is 0 Å². The molecular weight excluding hydrogens is 583 g/mol. The Kier molecular flexibility index (Phi) is 19.2. The molecule has 0 aliphatic heterocycles. The van der Waals surface area contributed by atoms with Gasteiger partial charge in [0.2, 0.25) is 0 Å². The minimum absolute atomic E-state index is 0. The second-order valence-corrected chi connectivity index (χ2v) is 7.48. The van der Waals surface area contributed by atoms with E-state index >= 15 is 0 Å². The van der Waals surface area contributed by atoms with Gasteiger partial charge in [0.25, 0.3) is 0 Å². The summed E-state index contributed by atoms with van der Waals surface area (Å²) in [6.45, 7) is 0. The van der Waals surface area contributed by atoms with Gasteiger partial charge in [0.05, 0.1) is 10.6 Å². The summed E-state index contributed by atoms with van der Waals surface area (Å²) in [6, 6.07) is 7.31. The fourth-order valence-corrected chi connectivity index (χ4v) is 1.61. The van der Waals surface area contributed by atoms with Crippen molar-refractivity contribution in [2.45, 2.75) is 6.42 Å². The summed E-state index contributed by atoms with van der Waals surface area (Å²) in [6.07, 6.45) is 5.51. The third kappa shape index (κ3) is 13.9. The number of Topliss-reactive ketones (excluding diaryl/α,β-unsaturated/α-hetero) is 1. The number of hydrogen-bond donors (Lipinski definition) is 0. The van der Waals surface area contributed by atoms with Crippen LogP contribution in [0.25, 0.3) is 0 Å². The van der Waals surface area contributed by atoms with E-state index in [0.717, 1.165) is 8.67 Å². The van der Waals surface area contributed by atoms with Gasteiger partial charge >= 0.3 is 21.1 Å². The maximum absolute atomic E-state index is 11.6. The summed E-state index contributed by atoms with van der Waals surface area (Å²) in [5.74, 6) is 0.0804. The van der Waals surface area contributed by atoms with Gasteiger partial charge < -0.3 is 12.4 Å². The van der Waals surface area contributed by atoms with E-state index in [1.54, 1.807) is 24.6 Å². The molecule has 0 amide bonds. The Morgan fingerprint density at radius 2 is 1.70 bits per heavy atom. The van der Waals surface area contributed by atoms with E-state index < -0.39 is 10.8 Å². The summed E-state index contributed by atoms with van der Waals surface area (Å²) < 4.78 is 11.3. The maximum atomic E-state index is 11.6. The third-order valence-electron chi connectivity index (χ3n) is 1.70. The van der Waals surface area contributed by atoms with Crippen molar-refractivity contribution in [2.75, 3.05) is 18.8 Å². The molecule has 0 heterocycles. The number of thioether (sulfide) groups is 1. The van der Waals surface area contributed by atoms with Gasteiger partial charge in [0.1, 0.15) is 0 Å². The minimum Gasteiger partial charge on any atom is -1.00 e. The number of rotatable bonds is 3. The monoisotopic (exact) mass is 596 g/mol. The average Bonchev–Trinajstić information content (AvgIpc) is 2.28. The van der Waals surface area contributed by atoms with Gasteiger partial charge in [-0.25, -0.2) is 0 Å². The van der Waals surface area contributed by atoms with Crippen LogP contribution in [0.3, 0.4) is 0 Å². The summed E-state index contributed by atoms with van der Waals surface area (Å²) in [7, 11) is -0.611. The molecule has 0 radical (unpaired) electrons. The molecule has 0 aromatic heterocycles. The molecule has 2 nitrogen and oxygen atoms in total. The summed E-state index contributed by atoms with van der Waals surface area (Å²) >= 11 is 9.76. The maximum Gasteiger partial charge on any atom is 2.00 e. The molecule has 0 atom stereocenters. The molecule has 0 bridgehead atoms. The molecule has 1 rings (SSSR count). The Morgan fingerprint density at radius 1 is 1.30 bits per heavy atom. The topological polar surface area (TPSA) is 34.1 Å². The van der Waals surface area contributed by atoms with Crippen LogP contribution < -0.4 is 12.4 Å². The second-order valence-electron chi connectivity index (χ2n) is 3.42. The minimum atomic E-state index is -0.611. The molecule has 0 saturated carbocycles. The van der Waals surface area contributed by atoms with Crippen molar-refractivity contribution >= 4 is 60.7 Å². The molecule has 0 unspecified atom stereocenters. The van der Waals surface area contributed by atoms with Crippen molar-refractivity contribution in [2.24, 2.45) is 0 Å². The fraction of sp³-hybridized carbons (Fsp3) is 0.333. The van der Waals surface area contributed by atoms with Crippen LogP contribution in [0.5, 0.6) is 0 Å². The van der Waals surface area contributed by atoms with Gasteiger partial charge in [-0.1, -0.05) is 40.3 Å². The van der Waals surface area contributed by atoms with E-state index in [0.29, 0.717) is 12.0 Å². The van der Waals surface area contributed by atoms with Crippen LogP contribution in [0.1, 0.15) is 16.8 Å². The molecule has 0 aliphatic rings. The van der Waals surface area contributed by atoms with E-state index in [9.17, 15) is 9.00 Å². The van der Waals surface area contributed by atoms with E-state index in [1.807, 2.05) is 18.4 Å². The number of ketones is 1. The quantitative estimate of drug-likeness (QED) is 0.380. The molecular formula is C12H15BrClO2PtS3+. The molecule has 0 N–H and O–H groups in total. The van der Waals surface area contributed by atoms with Crippen LogP contribution in [0.4, 0.5) is 0 Å². The molecule has 0 aliphatic carbocycles. The summed E-state index contributed by atoms with van der Waals surface area (Å²) in [5.41, 5.74) is 0.713. The van der Waals surface area contributed by atoms with Gasteiger partial charge in [-0.05, 0) is 18.4 Å². The Morgan fingerprint density at radius 3 is 2.05 bits per heavy atom. The zero-order chi connectivity index (χ0) is 14.1. The second kappa shape index (κ2) is 14.9. The molecule has 20 heavy (non-hydrogen) atoms. The number of benzene rings is 1. The van der Waals surface area contributed by atoms with Gasteiger partial charge in [0, 0.05) is 33.3 Å². The summed E-state index contributed by atoms with van der Waals surface area (Å²) in [5, 5.41) is 0. The van der Waals surface area contributed by atoms with E-state index in [2.05, 4.69) is 15.9 Å². The first-order chi connectivity index (χ1) is 8.36. The molecule has 0 saturated heterocycles. The SMILES string of the molecule is CS(C)=O.CSC(=S)CC(=O)c1ccc(Br)cc1.[Cl-].[Pt+2]. The number of hydrogen-bond acceptors (Lipinski definition) is 4. The van der Waals surface area contributed by atoms with Gasteiger partial charge in [0.15, 0.2) is 5.78 Å². The van der Waals surface area contributed by atoms with Crippen molar-refractivity contribution in [3.05, 3.63) is 34.3 Å². The van der Waals surface area contributed by atoms with Crippen LogP contribution in [-0.4, -0.2) is 33.0 Å². The van der Waals surface area contributed by atoms with Crippen molar-refractivity contribution < 1.29 is 42.5 Å². The average molecular weight is 598 g/mol. The van der Waals surface area contributed by atoms with Crippen molar-refractivity contribution in [3.8, 4) is 0 Å².